The molecule has 0 saturated carbocycles. The van der Waals surface area contributed by atoms with Crippen molar-refractivity contribution in [1.82, 2.24) is 20.7 Å². The highest BCUT2D eigenvalue weighted by atomic mass is 32.2. The van der Waals surface area contributed by atoms with Crippen LogP contribution in [0.4, 0.5) is 16.2 Å². The molecule has 3 amide bonds. The van der Waals surface area contributed by atoms with Crippen LogP contribution in [0.25, 0.3) is 10.8 Å². The molecule has 308 valence electrons. The van der Waals surface area contributed by atoms with Crippen molar-refractivity contribution in [3.63, 3.8) is 0 Å². The fraction of sp³-hybridized carbons (Fsp3) is 0.413. The summed E-state index contributed by atoms with van der Waals surface area (Å²) in [6, 6.07) is 31.9. The second-order valence-corrected chi connectivity index (χ2v) is 17.6. The van der Waals surface area contributed by atoms with Crippen LogP contribution in [0.15, 0.2) is 114 Å². The van der Waals surface area contributed by atoms with Crippen LogP contribution in [0.1, 0.15) is 86.0 Å². The van der Waals surface area contributed by atoms with Gasteiger partial charge in [-0.1, -0.05) is 69.0 Å². The van der Waals surface area contributed by atoms with E-state index in [1.807, 2.05) is 158 Å². The maximum Gasteiger partial charge on any atom is 0.321 e. The maximum absolute atomic E-state index is 12.4. The number of anilines is 2. The third kappa shape index (κ3) is 19.7. The van der Waals surface area contributed by atoms with E-state index < -0.39 is 9.71 Å². The van der Waals surface area contributed by atoms with Crippen molar-refractivity contribution in [2.75, 3.05) is 30.9 Å². The molecule has 0 aliphatic carbocycles. The van der Waals surface area contributed by atoms with Crippen molar-refractivity contribution in [2.24, 2.45) is 5.92 Å². The molecule has 0 saturated heterocycles. The number of para-hydroxylation sites is 1. The van der Waals surface area contributed by atoms with E-state index in [-0.39, 0.29) is 30.1 Å². The Bertz CT molecular complexity index is 1860. The summed E-state index contributed by atoms with van der Waals surface area (Å²) in [6.45, 7) is 24.3. The molecule has 0 radical (unpaired) electrons. The third-order valence-electron chi connectivity index (χ3n) is 7.60. The number of nitrogens with zero attached hydrogens (tertiary/aromatic N) is 2. The van der Waals surface area contributed by atoms with E-state index in [0.29, 0.717) is 17.5 Å². The van der Waals surface area contributed by atoms with E-state index in [1.54, 1.807) is 11.9 Å². The van der Waals surface area contributed by atoms with E-state index in [0.717, 1.165) is 39.2 Å². The molecule has 4 aromatic rings. The average molecular weight is 787 g/mol. The third-order valence-corrected chi connectivity index (χ3v) is 9.47. The van der Waals surface area contributed by atoms with E-state index >= 15 is 0 Å². The van der Waals surface area contributed by atoms with Crippen molar-refractivity contribution in [3.05, 3.63) is 115 Å². The lowest BCUT2D eigenvalue weighted by Gasteiger charge is -2.19. The van der Waals surface area contributed by atoms with Gasteiger partial charge in [-0.05, 0) is 133 Å². The van der Waals surface area contributed by atoms with Gasteiger partial charge < -0.3 is 20.9 Å². The zero-order valence-corrected chi connectivity index (χ0v) is 37.1. The topological polar surface area (TPSA) is 106 Å². The molecule has 1 unspecified atom stereocenters. The Morgan fingerprint density at radius 1 is 0.625 bits per heavy atom. The predicted molar refractivity (Wildman–Crippen MR) is 244 cm³/mol. The fourth-order valence-corrected chi connectivity index (χ4v) is 6.65. The van der Waals surface area contributed by atoms with Crippen LogP contribution in [-0.2, 0) is 9.71 Å². The Labute approximate surface area is 339 Å². The second-order valence-electron chi connectivity index (χ2n) is 15.5. The number of amides is 3. The van der Waals surface area contributed by atoms with Crippen LogP contribution < -0.4 is 30.5 Å². The molecule has 0 spiro atoms. The number of hydrogen-bond acceptors (Lipinski definition) is 5. The molecule has 56 heavy (non-hydrogen) atoms. The first kappa shape index (κ1) is 49.2. The molecule has 0 aromatic heterocycles. The van der Waals surface area contributed by atoms with Gasteiger partial charge in [0.05, 0.1) is 9.71 Å². The minimum absolute atomic E-state index is 0.0182. The number of nitrogens with one attached hydrogen (secondary N) is 4. The number of carbonyl (C=O) groups excluding carboxylic acids is 2. The van der Waals surface area contributed by atoms with Crippen LogP contribution in [0, 0.1) is 5.92 Å². The highest BCUT2D eigenvalue weighted by Gasteiger charge is 2.11. The van der Waals surface area contributed by atoms with Gasteiger partial charge >= 0.3 is 6.03 Å². The van der Waals surface area contributed by atoms with Crippen LogP contribution in [-0.4, -0.2) is 67.3 Å². The summed E-state index contributed by atoms with van der Waals surface area (Å²) in [5, 5.41) is 11.2. The SMILES string of the molecule is C=C(CC(C)C)NC(C)C.C=S(=O)(NC(C)C)c1ccc2ccccc2c1.CC(C)NC(=O)N(C)c1ccccc1.CC(C)NC(=O)c1ccc(N(C)C)cc1. The fourth-order valence-electron chi connectivity index (χ4n) is 5.15. The van der Waals surface area contributed by atoms with E-state index in [9.17, 15) is 13.8 Å². The molecule has 1 atom stereocenters. The van der Waals surface area contributed by atoms with E-state index in [2.05, 4.69) is 60.8 Å². The number of benzene rings is 4. The first-order valence-electron chi connectivity index (χ1n) is 19.4. The Morgan fingerprint density at radius 3 is 1.62 bits per heavy atom. The highest BCUT2D eigenvalue weighted by molar-refractivity contribution is 7.98. The van der Waals surface area contributed by atoms with Crippen LogP contribution in [0.2, 0.25) is 0 Å². The van der Waals surface area contributed by atoms with Crippen molar-refractivity contribution in [3.8, 4) is 0 Å². The lowest BCUT2D eigenvalue weighted by molar-refractivity contribution is 0.0943. The van der Waals surface area contributed by atoms with Crippen LogP contribution >= 0.6 is 0 Å². The molecule has 0 aliphatic heterocycles. The zero-order valence-electron chi connectivity index (χ0n) is 36.3. The summed E-state index contributed by atoms with van der Waals surface area (Å²) in [7, 11) is 3.31. The van der Waals surface area contributed by atoms with Crippen LogP contribution in [0.5, 0.6) is 0 Å². The molecule has 4 rings (SSSR count). The first-order chi connectivity index (χ1) is 26.1. The molecule has 4 N–H and O–H groups in total. The second kappa shape index (κ2) is 24.7. The predicted octanol–water partition coefficient (Wildman–Crippen LogP) is 9.50. The number of carbonyl (C=O) groups is 2. The molecular formula is C46H70N6O3S. The molecule has 0 bridgehead atoms. The number of allylic oxidation sites excluding steroid dienone is 1. The minimum Gasteiger partial charge on any atom is -0.387 e. The molecule has 0 aliphatic rings. The van der Waals surface area contributed by atoms with Crippen molar-refractivity contribution < 1.29 is 13.8 Å². The average Bonchev–Trinajstić information content (AvgIpc) is 3.10. The summed E-state index contributed by atoms with van der Waals surface area (Å²) in [5.41, 5.74) is 3.85. The summed E-state index contributed by atoms with van der Waals surface area (Å²) < 4.78 is 15.4. The van der Waals surface area contributed by atoms with E-state index in [1.165, 1.54) is 0 Å². The Balaban J connectivity index is 0.000000380. The number of hydrogen-bond donors (Lipinski definition) is 4. The first-order valence-corrected chi connectivity index (χ1v) is 21.1. The summed E-state index contributed by atoms with van der Waals surface area (Å²) in [6.07, 6.45) is 1.08. The van der Waals surface area contributed by atoms with Gasteiger partial charge in [-0.25, -0.2) is 13.7 Å². The van der Waals surface area contributed by atoms with Crippen molar-refractivity contribution >= 4 is 49.7 Å². The monoisotopic (exact) mass is 787 g/mol. The van der Waals surface area contributed by atoms with Gasteiger partial charge in [-0.3, -0.25) is 9.69 Å². The van der Waals surface area contributed by atoms with Crippen LogP contribution in [0.3, 0.4) is 0 Å². The van der Waals surface area contributed by atoms with Gasteiger partial charge in [0.15, 0.2) is 0 Å². The van der Waals surface area contributed by atoms with E-state index in [4.69, 9.17) is 0 Å². The molecular weight excluding hydrogens is 717 g/mol. The molecule has 0 fully saturated rings. The van der Waals surface area contributed by atoms with Gasteiger partial charge in [-0.2, -0.15) is 0 Å². The van der Waals surface area contributed by atoms with Crippen molar-refractivity contribution in [1.29, 1.82) is 0 Å². The number of urea groups is 1. The molecule has 9 nitrogen and oxygen atoms in total. The Kier molecular flexibility index (Phi) is 21.7. The van der Waals surface area contributed by atoms with Gasteiger partial charge in [0.1, 0.15) is 0 Å². The molecule has 4 aromatic carbocycles. The number of fused-ring (bicyclic) bond motifs is 1. The standard InChI is InChI=1S/C14H17NOS.C12H18N2O.C11H16N2O.C9H19N/c1-11(2)15-17(3,16)14-9-8-12-6-4-5-7-13(12)10-14;1-9(2)13-12(15)10-5-7-11(8-6-10)14(3)4;1-9(2)12-11(14)13(3)10-7-5-4-6-8-10;1-7(2)6-9(5)10-8(3)4/h4-11H,3H2,1-2H3,(H,15,16);5-9H,1-4H3,(H,13,15);4-9H,1-3H3,(H,12,14);7-8,10H,5-6H2,1-4H3. The van der Waals surface area contributed by atoms with Gasteiger partial charge in [-0.15, -0.1) is 0 Å². The summed E-state index contributed by atoms with van der Waals surface area (Å²) >= 11 is 0. The quantitative estimate of drug-likeness (QED) is 0.107. The zero-order chi connectivity index (χ0) is 42.6. The Hall–Kier alpha value is -4.80. The summed E-state index contributed by atoms with van der Waals surface area (Å²) in [5.74, 6) is 4.49. The molecule has 10 heteroatoms. The smallest absolute Gasteiger partial charge is 0.321 e. The normalized spacial score (nSPS) is 11.7. The largest absolute Gasteiger partial charge is 0.387 e. The van der Waals surface area contributed by atoms with Gasteiger partial charge in [0.2, 0.25) is 0 Å². The van der Waals surface area contributed by atoms with Gasteiger partial charge in [0.25, 0.3) is 5.91 Å². The summed E-state index contributed by atoms with van der Waals surface area (Å²) in [4.78, 5) is 27.5. The minimum atomic E-state index is -2.40. The lowest BCUT2D eigenvalue weighted by atomic mass is 10.1. The maximum atomic E-state index is 12.4. The highest BCUT2D eigenvalue weighted by Crippen LogP contribution is 2.19. The Morgan fingerprint density at radius 2 is 1.14 bits per heavy atom. The molecule has 0 heterocycles. The lowest BCUT2D eigenvalue weighted by Crippen LogP contribution is -2.40. The number of rotatable bonds is 12. The van der Waals surface area contributed by atoms with Gasteiger partial charge in [0, 0.05) is 72.8 Å². The van der Waals surface area contributed by atoms with Crippen molar-refractivity contribution in [2.45, 2.75) is 105 Å².